The van der Waals surface area contributed by atoms with Gasteiger partial charge in [0.25, 0.3) is 0 Å². The molecule has 2 aromatic rings. The van der Waals surface area contributed by atoms with E-state index in [0.717, 1.165) is 9.48 Å². The molecule has 2 rings (SSSR count). The lowest BCUT2D eigenvalue weighted by molar-refractivity contribution is 0.533. The van der Waals surface area contributed by atoms with Gasteiger partial charge in [0.15, 0.2) is 0 Å². The largest absolute Gasteiger partial charge is 0.313 e. The zero-order chi connectivity index (χ0) is 12.3. The molecule has 0 amide bonds. The van der Waals surface area contributed by atoms with E-state index < -0.39 is 0 Å². The van der Waals surface area contributed by atoms with Gasteiger partial charge in [-0.25, -0.2) is 9.37 Å². The first kappa shape index (κ1) is 12.7. The topological polar surface area (TPSA) is 24.9 Å². The van der Waals surface area contributed by atoms with Crippen molar-refractivity contribution in [1.29, 1.82) is 0 Å². The fourth-order valence-corrected chi connectivity index (χ4v) is 2.72. The zero-order valence-corrected chi connectivity index (χ0v) is 11.7. The van der Waals surface area contributed by atoms with Crippen molar-refractivity contribution in [2.45, 2.75) is 12.5 Å². The van der Waals surface area contributed by atoms with Crippen molar-refractivity contribution >= 4 is 27.3 Å². The summed E-state index contributed by atoms with van der Waals surface area (Å²) in [7, 11) is 1.83. The number of halogens is 2. The number of nitrogens with one attached hydrogen (secondary N) is 1. The molecule has 1 atom stereocenters. The number of thiazole rings is 1. The Hall–Kier alpha value is -0.780. The van der Waals surface area contributed by atoms with Crippen LogP contribution in [0.15, 0.2) is 34.2 Å². The molecule has 0 aliphatic carbocycles. The van der Waals surface area contributed by atoms with Crippen LogP contribution in [-0.2, 0) is 6.42 Å². The van der Waals surface area contributed by atoms with Gasteiger partial charge in [0.2, 0.25) is 0 Å². The first-order chi connectivity index (χ1) is 8.20. The van der Waals surface area contributed by atoms with Crippen LogP contribution in [0, 0.1) is 5.82 Å². The highest BCUT2D eigenvalue weighted by molar-refractivity contribution is 9.10. The van der Waals surface area contributed by atoms with Gasteiger partial charge in [-0.2, -0.15) is 0 Å². The van der Waals surface area contributed by atoms with Crippen molar-refractivity contribution in [3.63, 3.8) is 0 Å². The number of hydrogen-bond acceptors (Lipinski definition) is 3. The number of aromatic nitrogens is 1. The Bertz CT molecular complexity index is 487. The van der Waals surface area contributed by atoms with E-state index in [9.17, 15) is 4.39 Å². The first-order valence-electron chi connectivity index (χ1n) is 5.21. The van der Waals surface area contributed by atoms with Crippen molar-refractivity contribution in [2.24, 2.45) is 0 Å². The average Bonchev–Trinajstić information content (AvgIpc) is 2.82. The van der Waals surface area contributed by atoms with Gasteiger partial charge in [-0.3, -0.25) is 0 Å². The lowest BCUT2D eigenvalue weighted by atomic mass is 10.0. The molecule has 90 valence electrons. The average molecular weight is 315 g/mol. The maximum atomic E-state index is 13.8. The molecule has 0 spiro atoms. The smallest absolute Gasteiger partial charge is 0.128 e. The number of nitrogens with zero attached hydrogens (tertiary/aromatic N) is 1. The normalized spacial score (nSPS) is 12.6. The van der Waals surface area contributed by atoms with Crippen molar-refractivity contribution in [2.75, 3.05) is 7.05 Å². The van der Waals surface area contributed by atoms with Gasteiger partial charge in [-0.05, 0) is 25.2 Å². The molecule has 0 radical (unpaired) electrons. The highest BCUT2D eigenvalue weighted by Crippen LogP contribution is 2.25. The Balaban J connectivity index is 2.25. The van der Waals surface area contributed by atoms with E-state index in [-0.39, 0.29) is 11.9 Å². The first-order valence-corrected chi connectivity index (χ1v) is 6.88. The molecule has 1 N–H and O–H groups in total. The number of benzene rings is 1. The van der Waals surface area contributed by atoms with Gasteiger partial charge in [-0.15, -0.1) is 11.3 Å². The Kier molecular flexibility index (Phi) is 4.25. The predicted molar refractivity (Wildman–Crippen MR) is 71.7 cm³/mol. The Morgan fingerprint density at radius 2 is 2.35 bits per heavy atom. The summed E-state index contributed by atoms with van der Waals surface area (Å²) < 4.78 is 14.6. The van der Waals surface area contributed by atoms with Gasteiger partial charge < -0.3 is 5.32 Å². The summed E-state index contributed by atoms with van der Waals surface area (Å²) in [6.45, 7) is 0. The molecule has 0 bridgehead atoms. The van der Waals surface area contributed by atoms with Crippen LogP contribution >= 0.6 is 27.3 Å². The Morgan fingerprint density at radius 3 is 3.00 bits per heavy atom. The molecule has 0 saturated carbocycles. The highest BCUT2D eigenvalue weighted by atomic mass is 79.9. The molecule has 1 aromatic heterocycles. The van der Waals surface area contributed by atoms with Crippen LogP contribution in [0.2, 0.25) is 0 Å². The molecule has 1 unspecified atom stereocenters. The maximum absolute atomic E-state index is 13.8. The second-order valence-electron chi connectivity index (χ2n) is 3.64. The molecular formula is C12H12BrFN2S. The van der Waals surface area contributed by atoms with Crippen LogP contribution in [0.1, 0.15) is 16.6 Å². The minimum atomic E-state index is -0.191. The summed E-state index contributed by atoms with van der Waals surface area (Å²) in [6.07, 6.45) is 2.46. The highest BCUT2D eigenvalue weighted by Gasteiger charge is 2.16. The molecule has 17 heavy (non-hydrogen) atoms. The fraction of sp³-hybridized carbons (Fsp3) is 0.250. The minimum absolute atomic E-state index is 0.0568. The van der Waals surface area contributed by atoms with E-state index in [4.69, 9.17) is 0 Å². The van der Waals surface area contributed by atoms with E-state index in [1.54, 1.807) is 23.6 Å². The van der Waals surface area contributed by atoms with Gasteiger partial charge in [0.05, 0.1) is 5.01 Å². The molecule has 0 aliphatic heterocycles. The molecule has 0 saturated heterocycles. The van der Waals surface area contributed by atoms with Crippen LogP contribution in [0.3, 0.4) is 0 Å². The van der Waals surface area contributed by atoms with Crippen LogP contribution in [0.25, 0.3) is 0 Å². The van der Waals surface area contributed by atoms with E-state index >= 15 is 0 Å². The zero-order valence-electron chi connectivity index (χ0n) is 9.28. The van der Waals surface area contributed by atoms with Crippen molar-refractivity contribution in [3.05, 3.63) is 50.6 Å². The van der Waals surface area contributed by atoms with E-state index in [0.29, 0.717) is 12.0 Å². The molecule has 2 nitrogen and oxygen atoms in total. The second-order valence-corrected chi connectivity index (χ2v) is 5.53. The summed E-state index contributed by atoms with van der Waals surface area (Å²) in [6, 6.07) is 4.93. The molecular weight excluding hydrogens is 303 g/mol. The molecule has 0 aliphatic rings. The van der Waals surface area contributed by atoms with Crippen molar-refractivity contribution in [3.8, 4) is 0 Å². The van der Waals surface area contributed by atoms with Crippen molar-refractivity contribution in [1.82, 2.24) is 10.3 Å². The summed E-state index contributed by atoms with van der Waals surface area (Å²) in [5, 5.41) is 6.06. The third-order valence-electron chi connectivity index (χ3n) is 2.54. The summed E-state index contributed by atoms with van der Waals surface area (Å²) in [5.41, 5.74) is 0.664. The standard InChI is InChI=1S/C12H12BrFN2S/c1-15-11(7-12-16-4-5-17-12)9-6-8(13)2-3-10(9)14/h2-6,11,15H,7H2,1H3. The van der Waals surface area contributed by atoms with Gasteiger partial charge in [0, 0.05) is 34.1 Å². The molecule has 0 fully saturated rings. The van der Waals surface area contributed by atoms with E-state index in [1.165, 1.54) is 6.07 Å². The van der Waals surface area contributed by atoms with Gasteiger partial charge >= 0.3 is 0 Å². The number of hydrogen-bond donors (Lipinski definition) is 1. The minimum Gasteiger partial charge on any atom is -0.313 e. The van der Waals surface area contributed by atoms with Crippen LogP contribution in [-0.4, -0.2) is 12.0 Å². The monoisotopic (exact) mass is 314 g/mol. The third-order valence-corrected chi connectivity index (χ3v) is 3.84. The molecule has 5 heteroatoms. The van der Waals surface area contributed by atoms with Gasteiger partial charge in [-0.1, -0.05) is 15.9 Å². The lowest BCUT2D eigenvalue weighted by Crippen LogP contribution is -2.20. The quantitative estimate of drug-likeness (QED) is 0.933. The second kappa shape index (κ2) is 5.71. The fourth-order valence-electron chi connectivity index (χ4n) is 1.68. The van der Waals surface area contributed by atoms with E-state index in [1.807, 2.05) is 18.5 Å². The van der Waals surface area contributed by atoms with E-state index in [2.05, 4.69) is 26.2 Å². The number of rotatable bonds is 4. The molecule has 1 aromatic carbocycles. The summed E-state index contributed by atoms with van der Waals surface area (Å²) in [4.78, 5) is 4.23. The molecule has 1 heterocycles. The predicted octanol–water partition coefficient (Wildman–Crippen LogP) is 3.55. The van der Waals surface area contributed by atoms with Crippen molar-refractivity contribution < 1.29 is 4.39 Å². The third kappa shape index (κ3) is 3.12. The van der Waals surface area contributed by atoms with Crippen LogP contribution in [0.4, 0.5) is 4.39 Å². The van der Waals surface area contributed by atoms with Crippen LogP contribution < -0.4 is 5.32 Å². The summed E-state index contributed by atoms with van der Waals surface area (Å²) in [5.74, 6) is -0.191. The Morgan fingerprint density at radius 1 is 1.53 bits per heavy atom. The maximum Gasteiger partial charge on any atom is 0.128 e. The lowest BCUT2D eigenvalue weighted by Gasteiger charge is -2.16. The van der Waals surface area contributed by atoms with Crippen LogP contribution in [0.5, 0.6) is 0 Å². The van der Waals surface area contributed by atoms with Gasteiger partial charge in [0.1, 0.15) is 5.82 Å². The summed E-state index contributed by atoms with van der Waals surface area (Å²) >= 11 is 4.95. The number of likely N-dealkylation sites (N-methyl/N-ethyl adjacent to an activating group) is 1. The Labute approximate surface area is 112 Å². The SMILES string of the molecule is CNC(Cc1nccs1)c1cc(Br)ccc1F.